The summed E-state index contributed by atoms with van der Waals surface area (Å²) in [5.41, 5.74) is 0. The van der Waals surface area contributed by atoms with Gasteiger partial charge in [-0.3, -0.25) is 13.8 Å². The van der Waals surface area contributed by atoms with Crippen molar-refractivity contribution >= 4 is 13.7 Å². The molecule has 0 bridgehead atoms. The van der Waals surface area contributed by atoms with Gasteiger partial charge in [-0.1, -0.05) is 6.92 Å². The summed E-state index contributed by atoms with van der Waals surface area (Å²) in [5, 5.41) is 2.63. The van der Waals surface area contributed by atoms with Crippen LogP contribution in [0.3, 0.4) is 0 Å². The van der Waals surface area contributed by atoms with E-state index in [1.165, 1.54) is 0 Å². The number of rotatable bonds is 10. The third-order valence-corrected chi connectivity index (χ3v) is 3.65. The van der Waals surface area contributed by atoms with E-state index in [4.69, 9.17) is 4.89 Å². The number of nitrogens with zero attached hydrogens (tertiary/aromatic N) is 1. The van der Waals surface area contributed by atoms with Crippen LogP contribution in [0.4, 0.5) is 0 Å². The van der Waals surface area contributed by atoms with E-state index in [1.807, 2.05) is 0 Å². The van der Waals surface area contributed by atoms with E-state index in [1.54, 1.807) is 0 Å². The summed E-state index contributed by atoms with van der Waals surface area (Å²) < 4.78 is 20.6. The second kappa shape index (κ2) is 8.66. The first-order valence-corrected chi connectivity index (χ1v) is 7.84. The number of amides is 1. The number of phosphoric acid groups is 1. The molecule has 0 aromatic carbocycles. The van der Waals surface area contributed by atoms with Crippen molar-refractivity contribution in [3.63, 3.8) is 0 Å². The van der Waals surface area contributed by atoms with Crippen molar-refractivity contribution < 1.29 is 27.8 Å². The summed E-state index contributed by atoms with van der Waals surface area (Å²) >= 11 is 0. The van der Waals surface area contributed by atoms with E-state index in [2.05, 4.69) is 35.4 Å². The quantitative estimate of drug-likeness (QED) is 0.353. The second-order valence-corrected chi connectivity index (χ2v) is 6.53. The van der Waals surface area contributed by atoms with Gasteiger partial charge in [0.1, 0.15) is 0 Å². The highest BCUT2D eigenvalue weighted by atomic mass is 31.2. The van der Waals surface area contributed by atoms with Gasteiger partial charge in [0.2, 0.25) is 5.91 Å². The SMILES string of the molecule is CCC[N+](C)(C)CCC(=O)NCCOP(=O)(O)OC. The fourth-order valence-corrected chi connectivity index (χ4v) is 2.04. The zero-order valence-corrected chi connectivity index (χ0v) is 13.1. The summed E-state index contributed by atoms with van der Waals surface area (Å²) in [4.78, 5) is 20.5. The van der Waals surface area contributed by atoms with Gasteiger partial charge >= 0.3 is 7.82 Å². The minimum Gasteiger partial charge on any atom is -0.354 e. The normalized spacial score (nSPS) is 15.0. The summed E-state index contributed by atoms with van der Waals surface area (Å²) in [6.07, 6.45) is 1.50. The third kappa shape index (κ3) is 10.0. The van der Waals surface area contributed by atoms with Gasteiger partial charge in [0, 0.05) is 13.7 Å². The van der Waals surface area contributed by atoms with Gasteiger partial charge in [0.05, 0.1) is 40.2 Å². The Morgan fingerprint density at radius 2 is 2.00 bits per heavy atom. The molecule has 8 heteroatoms. The molecular weight excluding hydrogens is 271 g/mol. The van der Waals surface area contributed by atoms with Crippen molar-refractivity contribution in [3.05, 3.63) is 0 Å². The summed E-state index contributed by atoms with van der Waals surface area (Å²) in [7, 11) is 1.32. The molecule has 0 radical (unpaired) electrons. The highest BCUT2D eigenvalue weighted by Gasteiger charge is 2.18. The van der Waals surface area contributed by atoms with E-state index in [9.17, 15) is 9.36 Å². The molecule has 0 saturated carbocycles. The summed E-state index contributed by atoms with van der Waals surface area (Å²) in [6.45, 7) is 4.03. The molecule has 0 aliphatic carbocycles. The highest BCUT2D eigenvalue weighted by molar-refractivity contribution is 7.47. The van der Waals surface area contributed by atoms with Crippen LogP contribution < -0.4 is 5.32 Å². The lowest BCUT2D eigenvalue weighted by atomic mass is 10.3. The van der Waals surface area contributed by atoms with E-state index < -0.39 is 7.82 Å². The van der Waals surface area contributed by atoms with Crippen LogP contribution in [0.2, 0.25) is 0 Å². The summed E-state index contributed by atoms with van der Waals surface area (Å²) in [6, 6.07) is 0. The lowest BCUT2D eigenvalue weighted by Gasteiger charge is -2.29. The first kappa shape index (κ1) is 18.5. The zero-order valence-electron chi connectivity index (χ0n) is 12.2. The fraction of sp³-hybridized carbons (Fsp3) is 0.909. The van der Waals surface area contributed by atoms with Gasteiger partial charge < -0.3 is 14.7 Å². The molecule has 1 atom stereocenters. The molecule has 0 aromatic heterocycles. The topological polar surface area (TPSA) is 84.9 Å². The second-order valence-electron chi connectivity index (χ2n) is 4.97. The molecule has 0 fully saturated rings. The molecule has 1 unspecified atom stereocenters. The maximum atomic E-state index is 11.5. The van der Waals surface area contributed by atoms with E-state index in [-0.39, 0.29) is 19.1 Å². The van der Waals surface area contributed by atoms with Crippen molar-refractivity contribution in [2.24, 2.45) is 0 Å². The van der Waals surface area contributed by atoms with Crippen LogP contribution in [0.1, 0.15) is 19.8 Å². The maximum absolute atomic E-state index is 11.5. The Bertz CT molecular complexity index is 322. The maximum Gasteiger partial charge on any atom is 0.471 e. The third-order valence-electron chi connectivity index (χ3n) is 2.68. The molecule has 0 saturated heterocycles. The smallest absolute Gasteiger partial charge is 0.354 e. The first-order valence-electron chi connectivity index (χ1n) is 6.34. The number of quaternary nitrogens is 1. The molecule has 0 aliphatic heterocycles. The Hall–Kier alpha value is -0.460. The number of hydrogen-bond donors (Lipinski definition) is 2. The van der Waals surface area contributed by atoms with Crippen molar-refractivity contribution in [1.29, 1.82) is 0 Å². The molecule has 0 aliphatic rings. The molecule has 114 valence electrons. The van der Waals surface area contributed by atoms with E-state index in [0.717, 1.165) is 31.1 Å². The summed E-state index contributed by atoms with van der Waals surface area (Å²) in [5.74, 6) is -0.0870. The van der Waals surface area contributed by atoms with Crippen LogP contribution in [0.15, 0.2) is 0 Å². The molecule has 7 nitrogen and oxygen atoms in total. The zero-order chi connectivity index (χ0) is 14.9. The predicted octanol–water partition coefficient (Wildman–Crippen LogP) is 0.742. The number of hydrogen-bond acceptors (Lipinski definition) is 4. The van der Waals surface area contributed by atoms with Crippen molar-refractivity contribution in [2.75, 3.05) is 47.4 Å². The molecule has 0 heterocycles. The molecule has 2 N–H and O–H groups in total. The Kier molecular flexibility index (Phi) is 8.45. The Labute approximate surface area is 115 Å². The van der Waals surface area contributed by atoms with Gasteiger partial charge in [0.15, 0.2) is 0 Å². The van der Waals surface area contributed by atoms with Crippen molar-refractivity contribution in [3.8, 4) is 0 Å². The largest absolute Gasteiger partial charge is 0.471 e. The van der Waals surface area contributed by atoms with Crippen LogP contribution in [0.5, 0.6) is 0 Å². The van der Waals surface area contributed by atoms with Gasteiger partial charge in [-0.2, -0.15) is 0 Å². The van der Waals surface area contributed by atoms with E-state index >= 15 is 0 Å². The highest BCUT2D eigenvalue weighted by Crippen LogP contribution is 2.41. The molecule has 19 heavy (non-hydrogen) atoms. The molecule has 0 rings (SSSR count). The van der Waals surface area contributed by atoms with Gasteiger partial charge in [0.25, 0.3) is 0 Å². The predicted molar refractivity (Wildman–Crippen MR) is 72.5 cm³/mol. The van der Waals surface area contributed by atoms with Gasteiger partial charge in [-0.15, -0.1) is 0 Å². The monoisotopic (exact) mass is 297 g/mol. The molecule has 0 aromatic rings. The van der Waals surface area contributed by atoms with Gasteiger partial charge in [-0.05, 0) is 6.42 Å². The fourth-order valence-electron chi connectivity index (χ4n) is 1.61. The number of carbonyl (C=O) groups is 1. The number of carbonyl (C=O) groups excluding carboxylic acids is 1. The average molecular weight is 297 g/mol. The van der Waals surface area contributed by atoms with Crippen LogP contribution >= 0.6 is 7.82 Å². The Morgan fingerprint density at radius 1 is 1.37 bits per heavy atom. The van der Waals surface area contributed by atoms with Crippen LogP contribution in [-0.4, -0.2) is 62.7 Å². The van der Waals surface area contributed by atoms with Crippen molar-refractivity contribution in [1.82, 2.24) is 5.32 Å². The number of nitrogens with one attached hydrogen (secondary N) is 1. The number of phosphoric ester groups is 1. The van der Waals surface area contributed by atoms with Gasteiger partial charge in [-0.25, -0.2) is 4.57 Å². The van der Waals surface area contributed by atoms with Crippen LogP contribution in [0, 0.1) is 0 Å². The van der Waals surface area contributed by atoms with Crippen molar-refractivity contribution in [2.45, 2.75) is 19.8 Å². The minimum atomic E-state index is -3.94. The minimum absolute atomic E-state index is 0.0550. The van der Waals surface area contributed by atoms with Crippen LogP contribution in [0.25, 0.3) is 0 Å². The van der Waals surface area contributed by atoms with E-state index in [0.29, 0.717) is 6.42 Å². The standard InChI is InChI=1S/C11H25N2O5P/c1-5-8-13(2,3)9-6-11(14)12-7-10-18-19(15,16)17-4/h5-10H2,1-4H3,(H-,12,14,15,16)/p+1. The Balaban J connectivity index is 3.74. The average Bonchev–Trinajstić information content (AvgIpc) is 2.32. The van der Waals surface area contributed by atoms with Crippen LogP contribution in [-0.2, 0) is 18.4 Å². The lowest BCUT2D eigenvalue weighted by Crippen LogP contribution is -2.43. The Morgan fingerprint density at radius 3 is 2.53 bits per heavy atom. The first-order chi connectivity index (χ1) is 8.72. The lowest BCUT2D eigenvalue weighted by molar-refractivity contribution is -0.889. The molecular formula is C11H26N2O5P+. The molecule has 1 amide bonds. The molecule has 0 spiro atoms.